The molecule has 1 aliphatic carbocycles. The number of hydrogen-bond donors (Lipinski definition) is 1. The fourth-order valence-corrected chi connectivity index (χ4v) is 6.12. The Morgan fingerprint density at radius 2 is 1.83 bits per heavy atom. The van der Waals surface area contributed by atoms with E-state index >= 15 is 4.39 Å². The molecule has 2 aliphatic rings. The van der Waals surface area contributed by atoms with Crippen LogP contribution >= 0.6 is 0 Å². The maximum absolute atomic E-state index is 16.6. The Labute approximate surface area is 237 Å². The third kappa shape index (κ3) is 4.59. The number of rotatable bonds is 6. The van der Waals surface area contributed by atoms with Gasteiger partial charge in [-0.1, -0.05) is 30.3 Å². The molecule has 2 fully saturated rings. The van der Waals surface area contributed by atoms with Crippen molar-refractivity contribution in [2.45, 2.75) is 44.8 Å². The fourth-order valence-electron chi connectivity index (χ4n) is 6.12. The lowest BCUT2D eigenvalue weighted by Gasteiger charge is -2.43. The highest BCUT2D eigenvalue weighted by Crippen LogP contribution is 2.43. The quantitative estimate of drug-likeness (QED) is 0.289. The third-order valence-corrected chi connectivity index (χ3v) is 8.22. The van der Waals surface area contributed by atoms with Crippen molar-refractivity contribution in [1.82, 2.24) is 24.3 Å². The van der Waals surface area contributed by atoms with E-state index in [2.05, 4.69) is 9.88 Å². The van der Waals surface area contributed by atoms with Gasteiger partial charge in [-0.05, 0) is 38.8 Å². The second-order valence-corrected chi connectivity index (χ2v) is 11.2. The normalized spacial score (nSPS) is 19.6. The van der Waals surface area contributed by atoms with Crippen molar-refractivity contribution in [1.29, 1.82) is 0 Å². The third-order valence-electron chi connectivity index (χ3n) is 8.22. The van der Waals surface area contributed by atoms with Gasteiger partial charge in [-0.15, -0.1) is 0 Å². The molecule has 2 aromatic carbocycles. The number of pyridine rings is 1. The van der Waals surface area contributed by atoms with Crippen LogP contribution in [0.15, 0.2) is 60.9 Å². The zero-order valence-electron chi connectivity index (χ0n) is 23.3. The van der Waals surface area contributed by atoms with Gasteiger partial charge in [0.1, 0.15) is 34.1 Å². The van der Waals surface area contributed by atoms with Crippen LogP contribution in [-0.2, 0) is 4.74 Å². The molecule has 1 saturated carbocycles. The number of benzene rings is 2. The van der Waals surface area contributed by atoms with Gasteiger partial charge in [-0.25, -0.2) is 19.3 Å². The highest BCUT2D eigenvalue weighted by molar-refractivity contribution is 5.95. The van der Waals surface area contributed by atoms with Gasteiger partial charge in [0.15, 0.2) is 5.82 Å². The number of morpholine rings is 1. The molecular weight excluding hydrogens is 519 g/mol. The molecule has 0 unspecified atom stereocenters. The number of hydrogen-bond acceptors (Lipinski definition) is 7. The molecule has 4 heterocycles. The summed E-state index contributed by atoms with van der Waals surface area (Å²) in [6.07, 6.45) is 5.47. The second kappa shape index (κ2) is 10.4. The van der Waals surface area contributed by atoms with Crippen LogP contribution in [0.5, 0.6) is 5.75 Å². The summed E-state index contributed by atoms with van der Waals surface area (Å²) in [5, 5.41) is 0.613. The molecule has 0 spiro atoms. The molecule has 210 valence electrons. The van der Waals surface area contributed by atoms with Crippen LogP contribution in [0.1, 0.15) is 38.4 Å². The minimum atomic E-state index is -0.455. The van der Waals surface area contributed by atoms with Crippen LogP contribution in [0.3, 0.4) is 0 Å². The highest BCUT2D eigenvalue weighted by atomic mass is 19.1. The average Bonchev–Trinajstić information content (AvgIpc) is 3.33. The van der Waals surface area contributed by atoms with E-state index in [1.54, 1.807) is 12.3 Å². The first kappa shape index (κ1) is 25.9. The Balaban J connectivity index is 1.34. The molecule has 7 rings (SSSR count). The molecule has 0 bridgehead atoms. The van der Waals surface area contributed by atoms with Gasteiger partial charge in [0.2, 0.25) is 0 Å². The molecule has 0 radical (unpaired) electrons. The highest BCUT2D eigenvalue weighted by Gasteiger charge is 2.38. The van der Waals surface area contributed by atoms with E-state index in [9.17, 15) is 0 Å². The number of fused-ring (bicyclic) bond motifs is 2. The summed E-state index contributed by atoms with van der Waals surface area (Å²) in [6.45, 7) is 7.40. The Kier molecular flexibility index (Phi) is 6.55. The van der Waals surface area contributed by atoms with Crippen LogP contribution in [0.25, 0.3) is 38.9 Å². The van der Waals surface area contributed by atoms with Gasteiger partial charge in [0.25, 0.3) is 0 Å². The van der Waals surface area contributed by atoms with Crippen LogP contribution in [0.4, 0.5) is 10.2 Å². The number of aromatic nitrogens is 4. The lowest BCUT2D eigenvalue weighted by Crippen LogP contribution is -2.49. The molecule has 5 aromatic rings. The summed E-state index contributed by atoms with van der Waals surface area (Å²) in [5.74, 6) is 1.60. The van der Waals surface area contributed by atoms with Crippen molar-refractivity contribution in [3.63, 3.8) is 0 Å². The standard InChI is InChI=1S/C32H33FN6O2/c1-19(2)41-26-18-25(20-6-4-3-5-7-20)36-28-23(26)8-9-24(27(28)33)29-30-31(34)35-10-11-39(30)32(37-29)21-16-22(17-21)38-12-14-40-15-13-38/h3-11,18-19,21-22H,12-17H2,1-2H3,(H2,34,35). The molecule has 8 nitrogen and oxygen atoms in total. The van der Waals surface area contributed by atoms with Gasteiger partial charge in [-0.3, -0.25) is 9.30 Å². The number of nitrogens with two attached hydrogens (primary N) is 1. The molecule has 41 heavy (non-hydrogen) atoms. The van der Waals surface area contributed by atoms with Crippen molar-refractivity contribution in [3.05, 3.63) is 72.6 Å². The van der Waals surface area contributed by atoms with Gasteiger partial charge in [-0.2, -0.15) is 0 Å². The number of anilines is 1. The number of nitrogen functional groups attached to an aromatic ring is 1. The van der Waals surface area contributed by atoms with Gasteiger partial charge < -0.3 is 15.2 Å². The SMILES string of the molecule is CC(C)Oc1cc(-c2ccccc2)nc2c(F)c(-c3nc(C4CC(N5CCOCC5)C4)n4ccnc(N)c34)ccc12. The van der Waals surface area contributed by atoms with E-state index in [1.807, 2.05) is 66.9 Å². The molecule has 9 heteroatoms. The van der Waals surface area contributed by atoms with E-state index in [0.29, 0.717) is 45.5 Å². The van der Waals surface area contributed by atoms with Crippen molar-refractivity contribution in [2.24, 2.45) is 0 Å². The van der Waals surface area contributed by atoms with Gasteiger partial charge in [0.05, 0.1) is 25.0 Å². The molecule has 0 atom stereocenters. The topological polar surface area (TPSA) is 90.8 Å². The Morgan fingerprint density at radius 3 is 2.59 bits per heavy atom. The largest absolute Gasteiger partial charge is 0.490 e. The van der Waals surface area contributed by atoms with E-state index in [-0.39, 0.29) is 17.5 Å². The first-order valence-corrected chi connectivity index (χ1v) is 14.3. The van der Waals surface area contributed by atoms with Crippen molar-refractivity contribution in [2.75, 3.05) is 32.0 Å². The minimum Gasteiger partial charge on any atom is -0.490 e. The molecule has 2 N–H and O–H groups in total. The first-order chi connectivity index (χ1) is 20.0. The zero-order chi connectivity index (χ0) is 28.1. The molecular formula is C32H33FN6O2. The summed E-state index contributed by atoms with van der Waals surface area (Å²) in [5.41, 5.74) is 9.62. The smallest absolute Gasteiger partial charge is 0.159 e. The predicted octanol–water partition coefficient (Wildman–Crippen LogP) is 5.70. The van der Waals surface area contributed by atoms with Crippen LogP contribution in [-0.4, -0.2) is 62.7 Å². The van der Waals surface area contributed by atoms with Gasteiger partial charge in [0, 0.05) is 60.0 Å². The monoisotopic (exact) mass is 552 g/mol. The van der Waals surface area contributed by atoms with Crippen LogP contribution in [0, 0.1) is 5.82 Å². The maximum atomic E-state index is 16.6. The Bertz CT molecular complexity index is 1730. The summed E-state index contributed by atoms with van der Waals surface area (Å²) >= 11 is 0. The maximum Gasteiger partial charge on any atom is 0.159 e. The van der Waals surface area contributed by atoms with Crippen molar-refractivity contribution < 1.29 is 13.9 Å². The number of imidazole rings is 1. The number of halogens is 1. The van der Waals surface area contributed by atoms with E-state index in [0.717, 1.165) is 50.5 Å². The van der Waals surface area contributed by atoms with E-state index in [1.165, 1.54) is 0 Å². The Morgan fingerprint density at radius 1 is 1.05 bits per heavy atom. The zero-order valence-corrected chi connectivity index (χ0v) is 23.3. The van der Waals surface area contributed by atoms with Crippen molar-refractivity contribution >= 4 is 22.2 Å². The van der Waals surface area contributed by atoms with Gasteiger partial charge >= 0.3 is 0 Å². The summed E-state index contributed by atoms with van der Waals surface area (Å²) in [7, 11) is 0. The van der Waals surface area contributed by atoms with Crippen LogP contribution in [0.2, 0.25) is 0 Å². The first-order valence-electron chi connectivity index (χ1n) is 14.3. The summed E-state index contributed by atoms with van der Waals surface area (Å²) < 4.78 is 30.2. The molecule has 0 amide bonds. The second-order valence-electron chi connectivity index (χ2n) is 11.2. The predicted molar refractivity (Wildman–Crippen MR) is 157 cm³/mol. The van der Waals surface area contributed by atoms with E-state index < -0.39 is 5.82 Å². The summed E-state index contributed by atoms with van der Waals surface area (Å²) in [6, 6.07) is 15.7. The Hall–Kier alpha value is -4.08. The van der Waals surface area contributed by atoms with Crippen molar-refractivity contribution in [3.8, 4) is 28.3 Å². The summed E-state index contributed by atoms with van der Waals surface area (Å²) in [4.78, 5) is 16.7. The fraction of sp³-hybridized carbons (Fsp3) is 0.344. The number of ether oxygens (including phenoxy) is 2. The number of nitrogens with zero attached hydrogens (tertiary/aromatic N) is 5. The lowest BCUT2D eigenvalue weighted by molar-refractivity contribution is -0.00778. The molecule has 1 saturated heterocycles. The molecule has 3 aromatic heterocycles. The lowest BCUT2D eigenvalue weighted by atomic mass is 9.78. The minimum absolute atomic E-state index is 0.0822. The molecule has 1 aliphatic heterocycles. The van der Waals surface area contributed by atoms with Crippen LogP contribution < -0.4 is 10.5 Å². The van der Waals surface area contributed by atoms with E-state index in [4.69, 9.17) is 25.2 Å². The average molecular weight is 553 g/mol.